The van der Waals surface area contributed by atoms with Crippen LogP contribution in [0.3, 0.4) is 0 Å². The normalized spacial score (nSPS) is 12.1. The number of hydrogen-bond acceptors (Lipinski definition) is 9. The van der Waals surface area contributed by atoms with Crippen molar-refractivity contribution in [1.82, 2.24) is 0 Å². The van der Waals surface area contributed by atoms with E-state index in [1.165, 1.54) is 60.7 Å². The number of alkyl halides is 2. The van der Waals surface area contributed by atoms with E-state index in [2.05, 4.69) is 32.7 Å². The first-order chi connectivity index (χ1) is 23.5. The molecule has 3 aromatic carbocycles. The van der Waals surface area contributed by atoms with Gasteiger partial charge < -0.3 is 34.5 Å². The van der Waals surface area contributed by atoms with E-state index < -0.39 is 34.7 Å². The molecule has 3 rings (SSSR count). The molecule has 0 heterocycles. The summed E-state index contributed by atoms with van der Waals surface area (Å²) >= 11 is 0. The Kier molecular flexibility index (Phi) is 15.0. The Hall–Kier alpha value is -4.21. The highest BCUT2D eigenvalue weighted by Gasteiger charge is 2.34. The fourth-order valence-corrected chi connectivity index (χ4v) is 13.2. The number of carbonyl (C=O) groups is 2. The molecule has 0 radical (unpaired) electrons. The SMILES string of the molecule is C[Si](C)(C)O[Si](C)(C)CCCOc1ccc(C(F)(F)Oc2ccc(/C=C/C(=O)OCCCCCCOC(=O)c3cc(N)cc(N)c3)cc2)cc1. The Balaban J connectivity index is 1.31. The van der Waals surface area contributed by atoms with E-state index in [1.54, 1.807) is 18.2 Å². The topological polar surface area (TPSA) is 132 Å². The molecule has 0 saturated heterocycles. The Labute approximate surface area is 296 Å². The van der Waals surface area contributed by atoms with Crippen molar-refractivity contribution in [3.63, 3.8) is 0 Å². The number of carbonyl (C=O) groups excluding carboxylic acids is 2. The van der Waals surface area contributed by atoms with E-state index in [4.69, 9.17) is 34.5 Å². The summed E-state index contributed by atoms with van der Waals surface area (Å²) in [5.41, 5.74) is 12.8. The maximum absolute atomic E-state index is 14.9. The molecule has 0 bridgehead atoms. The molecule has 50 heavy (non-hydrogen) atoms. The molecule has 0 saturated carbocycles. The van der Waals surface area contributed by atoms with E-state index in [0.717, 1.165) is 25.3 Å². The molecule has 0 aliphatic rings. The summed E-state index contributed by atoms with van der Waals surface area (Å²) in [5, 5.41) is 0. The summed E-state index contributed by atoms with van der Waals surface area (Å²) in [6.07, 6.45) is 3.00. The average molecular weight is 729 g/mol. The van der Waals surface area contributed by atoms with Gasteiger partial charge in [-0.1, -0.05) is 12.1 Å². The van der Waals surface area contributed by atoms with Gasteiger partial charge in [-0.05, 0) is 137 Å². The highest BCUT2D eigenvalue weighted by Crippen LogP contribution is 2.33. The maximum atomic E-state index is 14.9. The van der Waals surface area contributed by atoms with Crippen LogP contribution < -0.4 is 20.9 Å². The van der Waals surface area contributed by atoms with E-state index in [1.807, 2.05) is 0 Å². The second kappa shape index (κ2) is 18.7. The lowest BCUT2D eigenvalue weighted by atomic mass is 10.2. The molecule has 0 unspecified atom stereocenters. The highest BCUT2D eigenvalue weighted by molar-refractivity contribution is 6.84. The standard InChI is InChI=1S/C37H50F2N2O7Si2/c1-49(2,3)48-50(4,5)24-10-23-44-33-18-14-30(15-19-33)37(38,39)47-34-16-11-28(12-17-34)13-20-35(42)45-21-8-6-7-9-22-46-36(43)29-25-31(40)27-32(41)26-29/h11-20,25-27H,6-10,21-24,40-41H2,1-5H3/b20-13+. The molecule has 13 heteroatoms. The predicted octanol–water partition coefficient (Wildman–Crippen LogP) is 8.78. The van der Waals surface area contributed by atoms with Gasteiger partial charge >= 0.3 is 18.0 Å². The molecular formula is C37H50F2N2O7Si2. The number of rotatable bonds is 20. The van der Waals surface area contributed by atoms with Gasteiger partial charge in [-0.15, -0.1) is 0 Å². The number of unbranched alkanes of at least 4 members (excludes halogenated alkanes) is 3. The number of esters is 2. The van der Waals surface area contributed by atoms with Crippen LogP contribution in [0.15, 0.2) is 72.8 Å². The van der Waals surface area contributed by atoms with Crippen molar-refractivity contribution in [3.8, 4) is 11.5 Å². The van der Waals surface area contributed by atoms with Crippen LogP contribution in [0.4, 0.5) is 20.2 Å². The Bertz CT molecular complexity index is 1540. The first-order valence-electron chi connectivity index (χ1n) is 16.8. The third kappa shape index (κ3) is 15.1. The largest absolute Gasteiger partial charge is 0.494 e. The van der Waals surface area contributed by atoms with Crippen LogP contribution in [-0.2, 0) is 24.5 Å². The second-order valence-electron chi connectivity index (χ2n) is 13.6. The van der Waals surface area contributed by atoms with Gasteiger partial charge in [-0.2, -0.15) is 8.78 Å². The molecule has 272 valence electrons. The number of hydrogen-bond donors (Lipinski definition) is 2. The van der Waals surface area contributed by atoms with Crippen LogP contribution in [0.5, 0.6) is 11.5 Å². The van der Waals surface area contributed by atoms with Gasteiger partial charge in [-0.3, -0.25) is 0 Å². The summed E-state index contributed by atoms with van der Waals surface area (Å²) in [4.78, 5) is 24.2. The van der Waals surface area contributed by atoms with Crippen molar-refractivity contribution in [2.24, 2.45) is 0 Å². The summed E-state index contributed by atoms with van der Waals surface area (Å²) in [5.74, 6) is -0.497. The molecule has 0 fully saturated rings. The van der Waals surface area contributed by atoms with Crippen molar-refractivity contribution in [2.45, 2.75) is 77.0 Å². The summed E-state index contributed by atoms with van der Waals surface area (Å²) in [7, 11) is -3.35. The molecule has 0 spiro atoms. The Morgan fingerprint density at radius 2 is 1.32 bits per heavy atom. The van der Waals surface area contributed by atoms with Crippen LogP contribution in [0, 0.1) is 0 Å². The molecule has 3 aromatic rings. The fourth-order valence-electron chi connectivity index (χ4n) is 5.15. The van der Waals surface area contributed by atoms with Crippen molar-refractivity contribution in [2.75, 3.05) is 31.3 Å². The van der Waals surface area contributed by atoms with Crippen molar-refractivity contribution in [3.05, 3.63) is 89.5 Å². The van der Waals surface area contributed by atoms with Crippen LogP contribution in [0.1, 0.15) is 53.6 Å². The van der Waals surface area contributed by atoms with Gasteiger partial charge in [0.05, 0.1) is 30.9 Å². The number of nitrogens with two attached hydrogens (primary N) is 2. The smallest absolute Gasteiger partial charge is 0.426 e. The average Bonchev–Trinajstić information content (AvgIpc) is 3.02. The van der Waals surface area contributed by atoms with Crippen LogP contribution >= 0.6 is 0 Å². The van der Waals surface area contributed by atoms with E-state index in [-0.39, 0.29) is 24.5 Å². The number of benzene rings is 3. The molecule has 0 aliphatic heterocycles. The number of ether oxygens (including phenoxy) is 4. The summed E-state index contributed by atoms with van der Waals surface area (Å²) in [6, 6.07) is 17.1. The zero-order chi connectivity index (χ0) is 36.8. The first kappa shape index (κ1) is 40.2. The molecule has 0 amide bonds. The van der Waals surface area contributed by atoms with Gasteiger partial charge in [0.25, 0.3) is 0 Å². The monoisotopic (exact) mass is 728 g/mol. The maximum Gasteiger partial charge on any atom is 0.426 e. The summed E-state index contributed by atoms with van der Waals surface area (Å²) in [6.45, 7) is 12.0. The van der Waals surface area contributed by atoms with Crippen LogP contribution in [0.2, 0.25) is 38.8 Å². The zero-order valence-corrected chi connectivity index (χ0v) is 31.6. The third-order valence-electron chi connectivity index (χ3n) is 7.23. The minimum Gasteiger partial charge on any atom is -0.494 e. The lowest BCUT2D eigenvalue weighted by Crippen LogP contribution is -2.42. The first-order valence-corrected chi connectivity index (χ1v) is 23.3. The molecule has 9 nitrogen and oxygen atoms in total. The Morgan fingerprint density at radius 3 is 1.92 bits per heavy atom. The van der Waals surface area contributed by atoms with Crippen LogP contribution in [-0.4, -0.2) is 48.4 Å². The fraction of sp³-hybridized carbons (Fsp3) is 0.405. The summed E-state index contributed by atoms with van der Waals surface area (Å²) < 4.78 is 57.3. The lowest BCUT2D eigenvalue weighted by molar-refractivity contribution is -0.185. The molecule has 0 aromatic heterocycles. The Morgan fingerprint density at radius 1 is 0.740 bits per heavy atom. The van der Waals surface area contributed by atoms with E-state index in [0.29, 0.717) is 47.7 Å². The van der Waals surface area contributed by atoms with Gasteiger partial charge in [0, 0.05) is 17.5 Å². The lowest BCUT2D eigenvalue weighted by Gasteiger charge is -2.31. The van der Waals surface area contributed by atoms with Crippen molar-refractivity contribution >= 4 is 46.0 Å². The number of nitrogen functional groups attached to an aromatic ring is 2. The second-order valence-corrected chi connectivity index (χ2v) is 22.6. The minimum absolute atomic E-state index is 0.0217. The van der Waals surface area contributed by atoms with Gasteiger partial charge in [0.1, 0.15) is 11.5 Å². The van der Waals surface area contributed by atoms with Crippen LogP contribution in [0.25, 0.3) is 6.08 Å². The van der Waals surface area contributed by atoms with Crippen molar-refractivity contribution in [1.29, 1.82) is 0 Å². The van der Waals surface area contributed by atoms with E-state index >= 15 is 0 Å². The van der Waals surface area contributed by atoms with Gasteiger partial charge in [0.15, 0.2) is 16.6 Å². The predicted molar refractivity (Wildman–Crippen MR) is 198 cm³/mol. The zero-order valence-electron chi connectivity index (χ0n) is 29.6. The molecular weight excluding hydrogens is 679 g/mol. The van der Waals surface area contributed by atoms with Gasteiger partial charge in [0.2, 0.25) is 0 Å². The molecule has 4 N–H and O–H groups in total. The number of anilines is 2. The van der Waals surface area contributed by atoms with E-state index in [9.17, 15) is 18.4 Å². The third-order valence-corrected chi connectivity index (χ3v) is 13.4. The van der Waals surface area contributed by atoms with Gasteiger partial charge in [-0.25, -0.2) is 9.59 Å². The molecule has 0 atom stereocenters. The molecule has 0 aliphatic carbocycles. The minimum atomic E-state index is -3.56. The van der Waals surface area contributed by atoms with Crippen molar-refractivity contribution < 1.29 is 41.4 Å². The highest BCUT2D eigenvalue weighted by atomic mass is 28.4. The number of halogens is 2. The quantitative estimate of drug-likeness (QED) is 0.0385.